The molecule has 2 heterocycles. The topological polar surface area (TPSA) is 118 Å². The maximum absolute atomic E-state index is 13.4. The lowest BCUT2D eigenvalue weighted by molar-refractivity contribution is -0.157. The van der Waals surface area contributed by atoms with Crippen molar-refractivity contribution in [3.05, 3.63) is 71.4 Å². The van der Waals surface area contributed by atoms with Crippen molar-refractivity contribution in [2.24, 2.45) is 5.73 Å². The van der Waals surface area contributed by atoms with Gasteiger partial charge in [-0.1, -0.05) is 55.0 Å². The Labute approximate surface area is 234 Å². The number of esters is 1. The van der Waals surface area contributed by atoms with Crippen LogP contribution in [0.5, 0.6) is 0 Å². The van der Waals surface area contributed by atoms with Gasteiger partial charge < -0.3 is 25.7 Å². The van der Waals surface area contributed by atoms with Crippen LogP contribution >= 0.6 is 11.8 Å². The highest BCUT2D eigenvalue weighted by atomic mass is 32.2. The largest absolute Gasteiger partial charge is 0.459 e. The minimum absolute atomic E-state index is 0.0657. The summed E-state index contributed by atoms with van der Waals surface area (Å²) >= 11 is 1.67. The van der Waals surface area contributed by atoms with Crippen molar-refractivity contribution in [1.82, 2.24) is 15.2 Å². The van der Waals surface area contributed by atoms with Crippen LogP contribution in [0.4, 0.5) is 0 Å². The molecule has 0 radical (unpaired) electrons. The first-order valence-electron chi connectivity index (χ1n) is 13.6. The molecule has 0 saturated heterocycles. The number of ether oxygens (including phenoxy) is 1. The van der Waals surface area contributed by atoms with E-state index in [0.29, 0.717) is 38.8 Å². The minimum Gasteiger partial charge on any atom is -0.459 e. The number of H-pyrrole nitrogens is 1. The monoisotopic (exact) mass is 550 g/mol. The molecule has 0 bridgehead atoms. The number of hydrogen-bond donors (Lipinski definition) is 3. The van der Waals surface area contributed by atoms with E-state index in [9.17, 15) is 14.4 Å². The number of unbranched alkanes of at least 4 members (excludes halogenated alkanes) is 2. The van der Waals surface area contributed by atoms with Crippen molar-refractivity contribution in [3.8, 4) is 0 Å². The average Bonchev–Trinajstić information content (AvgIpc) is 3.33. The number of carbonyl (C=O) groups is 3. The van der Waals surface area contributed by atoms with E-state index < -0.39 is 12.1 Å². The molecule has 9 heteroatoms. The lowest BCUT2D eigenvalue weighted by Crippen LogP contribution is -2.49. The molecule has 4 N–H and O–H groups in total. The van der Waals surface area contributed by atoms with Gasteiger partial charge in [0.1, 0.15) is 12.6 Å². The Morgan fingerprint density at radius 2 is 1.87 bits per heavy atom. The Kier molecular flexibility index (Phi) is 10.4. The number of amides is 2. The molecule has 208 valence electrons. The standard InChI is InChI=1S/C30H38N4O4S/c1-39-17-15-24(31)29(36)32-16-9-3-6-14-28(35)34-19-26-23(22-12-7-8-13-25(22)33-26)18-27(34)30(37)38-20-21-10-4-2-5-11-21/h2,4-5,7-8,10-13,24,27,33H,3,6,9,14-20,31H2,1H3,(H,32,36)/t24-,27-/m0/s1. The Bertz CT molecular complexity index is 1260. The number of nitrogens with zero attached hydrogens (tertiary/aromatic N) is 1. The molecule has 2 amide bonds. The molecule has 2 aromatic carbocycles. The first-order valence-corrected chi connectivity index (χ1v) is 15.0. The third-order valence-corrected chi connectivity index (χ3v) is 7.80. The summed E-state index contributed by atoms with van der Waals surface area (Å²) in [6.07, 6.45) is 5.63. The maximum Gasteiger partial charge on any atom is 0.329 e. The van der Waals surface area contributed by atoms with E-state index in [1.807, 2.05) is 60.9 Å². The van der Waals surface area contributed by atoms with Crippen molar-refractivity contribution in [2.75, 3.05) is 18.6 Å². The highest BCUT2D eigenvalue weighted by Crippen LogP contribution is 2.31. The molecule has 4 rings (SSSR count). The summed E-state index contributed by atoms with van der Waals surface area (Å²) in [5.74, 6) is 0.278. The van der Waals surface area contributed by atoms with Gasteiger partial charge >= 0.3 is 5.97 Å². The Hall–Kier alpha value is -3.30. The lowest BCUT2D eigenvalue weighted by atomic mass is 9.96. The van der Waals surface area contributed by atoms with Crippen LogP contribution in [-0.4, -0.2) is 58.3 Å². The second kappa shape index (κ2) is 14.2. The number of aromatic nitrogens is 1. The van der Waals surface area contributed by atoms with Crippen LogP contribution in [0, 0.1) is 0 Å². The average molecular weight is 551 g/mol. The highest BCUT2D eigenvalue weighted by Gasteiger charge is 2.37. The Balaban J connectivity index is 1.33. The number of nitrogens with one attached hydrogen (secondary N) is 2. The number of hydrogen-bond acceptors (Lipinski definition) is 6. The van der Waals surface area contributed by atoms with Crippen LogP contribution in [0.1, 0.15) is 48.9 Å². The molecule has 1 aliphatic heterocycles. The van der Waals surface area contributed by atoms with Gasteiger partial charge in [-0.25, -0.2) is 4.79 Å². The number of carbonyl (C=O) groups excluding carboxylic acids is 3. The predicted molar refractivity (Wildman–Crippen MR) is 155 cm³/mol. The van der Waals surface area contributed by atoms with Crippen molar-refractivity contribution in [3.63, 3.8) is 0 Å². The van der Waals surface area contributed by atoms with Gasteiger partial charge in [-0.15, -0.1) is 0 Å². The van der Waals surface area contributed by atoms with Crippen LogP contribution in [0.2, 0.25) is 0 Å². The summed E-state index contributed by atoms with van der Waals surface area (Å²) in [5, 5.41) is 3.96. The Morgan fingerprint density at radius 3 is 2.67 bits per heavy atom. The lowest BCUT2D eigenvalue weighted by Gasteiger charge is -2.34. The van der Waals surface area contributed by atoms with Crippen LogP contribution in [0.3, 0.4) is 0 Å². The van der Waals surface area contributed by atoms with Crippen LogP contribution < -0.4 is 11.1 Å². The van der Waals surface area contributed by atoms with E-state index in [-0.39, 0.29) is 24.4 Å². The fraction of sp³-hybridized carbons (Fsp3) is 0.433. The molecular weight excluding hydrogens is 512 g/mol. The molecule has 1 aromatic heterocycles. The summed E-state index contributed by atoms with van der Waals surface area (Å²) in [7, 11) is 0. The van der Waals surface area contributed by atoms with E-state index in [1.165, 1.54) is 0 Å². The molecule has 0 saturated carbocycles. The van der Waals surface area contributed by atoms with Gasteiger partial charge in [-0.2, -0.15) is 11.8 Å². The van der Waals surface area contributed by atoms with E-state index in [0.717, 1.165) is 46.3 Å². The number of para-hydroxylation sites is 1. The quantitative estimate of drug-likeness (QED) is 0.219. The van der Waals surface area contributed by atoms with Crippen LogP contribution in [0.25, 0.3) is 10.9 Å². The molecular formula is C30H38N4O4S. The van der Waals surface area contributed by atoms with Crippen LogP contribution in [-0.2, 0) is 38.7 Å². The first kappa shape index (κ1) is 28.7. The van der Waals surface area contributed by atoms with E-state index in [2.05, 4.69) is 10.3 Å². The zero-order valence-corrected chi connectivity index (χ0v) is 23.3. The number of rotatable bonds is 13. The SMILES string of the molecule is CSCC[C@H](N)C(=O)NCCCCCC(=O)N1Cc2[nH]c3ccccc3c2C[C@H]1C(=O)OCc1ccccc1. The summed E-state index contributed by atoms with van der Waals surface area (Å²) in [5.41, 5.74) is 9.85. The fourth-order valence-corrected chi connectivity index (χ4v) is 5.44. The summed E-state index contributed by atoms with van der Waals surface area (Å²) < 4.78 is 5.68. The second-order valence-corrected chi connectivity index (χ2v) is 10.9. The van der Waals surface area contributed by atoms with Gasteiger partial charge in [0.2, 0.25) is 11.8 Å². The van der Waals surface area contributed by atoms with Crippen LogP contribution in [0.15, 0.2) is 54.6 Å². The number of fused-ring (bicyclic) bond motifs is 3. The van der Waals surface area contributed by atoms with Crippen molar-refractivity contribution >= 4 is 40.4 Å². The number of thioether (sulfide) groups is 1. The zero-order chi connectivity index (χ0) is 27.6. The van der Waals surface area contributed by atoms with Crippen molar-refractivity contribution in [2.45, 2.75) is 63.8 Å². The van der Waals surface area contributed by atoms with Gasteiger partial charge in [0.15, 0.2) is 0 Å². The molecule has 39 heavy (non-hydrogen) atoms. The number of nitrogens with two attached hydrogens (primary N) is 1. The fourth-order valence-electron chi connectivity index (χ4n) is 4.95. The van der Waals surface area contributed by atoms with Gasteiger partial charge in [0, 0.05) is 36.0 Å². The number of aromatic amines is 1. The molecule has 2 atom stereocenters. The maximum atomic E-state index is 13.4. The molecule has 3 aromatic rings. The second-order valence-electron chi connectivity index (χ2n) is 9.95. The van der Waals surface area contributed by atoms with Gasteiger partial charge in [0.25, 0.3) is 0 Å². The Morgan fingerprint density at radius 1 is 1.10 bits per heavy atom. The molecule has 0 unspecified atom stereocenters. The third-order valence-electron chi connectivity index (χ3n) is 7.16. The van der Waals surface area contributed by atoms with E-state index >= 15 is 0 Å². The zero-order valence-electron chi connectivity index (χ0n) is 22.5. The molecule has 0 spiro atoms. The predicted octanol–water partition coefficient (Wildman–Crippen LogP) is 3.92. The molecule has 0 aliphatic carbocycles. The minimum atomic E-state index is -0.671. The van der Waals surface area contributed by atoms with Gasteiger partial charge in [0.05, 0.1) is 12.6 Å². The third kappa shape index (κ3) is 7.64. The molecule has 0 fully saturated rings. The number of benzene rings is 2. The van der Waals surface area contributed by atoms with E-state index in [1.54, 1.807) is 16.7 Å². The molecule has 1 aliphatic rings. The highest BCUT2D eigenvalue weighted by molar-refractivity contribution is 7.98. The van der Waals surface area contributed by atoms with Gasteiger partial charge in [-0.3, -0.25) is 9.59 Å². The first-order chi connectivity index (χ1) is 19.0. The summed E-state index contributed by atoms with van der Waals surface area (Å²) in [6, 6.07) is 16.4. The van der Waals surface area contributed by atoms with Gasteiger partial charge in [-0.05, 0) is 48.5 Å². The van der Waals surface area contributed by atoms with Crippen molar-refractivity contribution in [1.29, 1.82) is 0 Å². The normalized spacial score (nSPS) is 15.5. The van der Waals surface area contributed by atoms with Crippen molar-refractivity contribution < 1.29 is 19.1 Å². The summed E-state index contributed by atoms with van der Waals surface area (Å²) in [6.45, 7) is 1.06. The smallest absolute Gasteiger partial charge is 0.329 e. The molecule has 8 nitrogen and oxygen atoms in total. The van der Waals surface area contributed by atoms with E-state index in [4.69, 9.17) is 10.5 Å². The summed E-state index contributed by atoms with van der Waals surface area (Å²) in [4.78, 5) is 43.8.